The number of rotatable bonds is 1. The van der Waals surface area contributed by atoms with E-state index in [0.29, 0.717) is 6.42 Å². The van der Waals surface area contributed by atoms with Crippen LogP contribution in [0.2, 0.25) is 0 Å². The molecule has 0 N–H and O–H groups in total. The summed E-state index contributed by atoms with van der Waals surface area (Å²) in [6, 6.07) is 0. The van der Waals surface area contributed by atoms with Gasteiger partial charge >= 0.3 is 51.4 Å². The summed E-state index contributed by atoms with van der Waals surface area (Å²) in [4.78, 5) is 12.3. The predicted octanol–water partition coefficient (Wildman–Crippen LogP) is 0.104. The maximum atomic E-state index is 10.7. The van der Waals surface area contributed by atoms with Crippen LogP contribution in [0.4, 0.5) is 0 Å². The van der Waals surface area contributed by atoms with E-state index in [9.17, 15) is 4.79 Å². The molecule has 0 unspecified atom stereocenters. The maximum absolute atomic E-state index is 10.7. The van der Waals surface area contributed by atoms with Crippen LogP contribution in [0.15, 0.2) is 12.8 Å². The SMILES string of the molecule is C=CN1CCCC1=O.[KH]. The van der Waals surface area contributed by atoms with Gasteiger partial charge in [-0.25, -0.2) is 0 Å². The van der Waals surface area contributed by atoms with Crippen molar-refractivity contribution < 1.29 is 4.79 Å². The Morgan fingerprint density at radius 2 is 2.33 bits per heavy atom. The molecule has 0 spiro atoms. The summed E-state index contributed by atoms with van der Waals surface area (Å²) in [6.07, 6.45) is 3.28. The molecule has 1 heterocycles. The number of carbonyl (C=O) groups excluding carboxylic acids is 1. The molecule has 3 heteroatoms. The molecule has 0 bridgehead atoms. The molecule has 1 rings (SSSR count). The molecule has 0 saturated carbocycles. The monoisotopic (exact) mass is 151 g/mol. The van der Waals surface area contributed by atoms with Crippen molar-refractivity contribution in [2.24, 2.45) is 0 Å². The van der Waals surface area contributed by atoms with Gasteiger partial charge in [0.05, 0.1) is 0 Å². The van der Waals surface area contributed by atoms with E-state index in [1.54, 1.807) is 11.1 Å². The van der Waals surface area contributed by atoms with Gasteiger partial charge in [0.15, 0.2) is 0 Å². The Morgan fingerprint density at radius 1 is 1.67 bits per heavy atom. The van der Waals surface area contributed by atoms with Crippen LogP contribution in [-0.4, -0.2) is 68.7 Å². The van der Waals surface area contributed by atoms with Crippen LogP contribution in [0.3, 0.4) is 0 Å². The van der Waals surface area contributed by atoms with Gasteiger partial charge < -0.3 is 4.90 Å². The van der Waals surface area contributed by atoms with Crippen molar-refractivity contribution >= 4 is 57.3 Å². The molecular formula is C6H10KNO. The van der Waals surface area contributed by atoms with Crippen molar-refractivity contribution in [3.63, 3.8) is 0 Å². The standard InChI is InChI=1S/C6H9NO.K.H/c1-2-7-5-3-4-6(7)8;;/h2H,1,3-5H2;;. The second-order valence-electron chi connectivity index (χ2n) is 1.87. The molecule has 0 radical (unpaired) electrons. The van der Waals surface area contributed by atoms with Crippen LogP contribution in [0.1, 0.15) is 12.8 Å². The van der Waals surface area contributed by atoms with Crippen molar-refractivity contribution in [2.75, 3.05) is 6.54 Å². The van der Waals surface area contributed by atoms with Crippen LogP contribution >= 0.6 is 0 Å². The van der Waals surface area contributed by atoms with Gasteiger partial charge in [-0.2, -0.15) is 0 Å². The fourth-order valence-electron chi connectivity index (χ4n) is 0.862. The second kappa shape index (κ2) is 4.63. The zero-order valence-corrected chi connectivity index (χ0v) is 4.76. The summed E-state index contributed by atoms with van der Waals surface area (Å²) in [6.45, 7) is 4.36. The Hall–Kier alpha value is 0.846. The fourth-order valence-corrected chi connectivity index (χ4v) is 0.862. The number of hydrogen-bond acceptors (Lipinski definition) is 1. The molecule has 0 aliphatic carbocycles. The minimum absolute atomic E-state index is 0. The summed E-state index contributed by atoms with van der Waals surface area (Å²) in [5.74, 6) is 0.208. The average molecular weight is 151 g/mol. The molecular weight excluding hydrogens is 141 g/mol. The number of hydrogen-bond donors (Lipinski definition) is 0. The molecule has 1 saturated heterocycles. The van der Waals surface area contributed by atoms with Gasteiger partial charge in [-0.15, -0.1) is 0 Å². The first-order valence-electron chi connectivity index (χ1n) is 2.76. The molecule has 0 atom stereocenters. The minimum atomic E-state index is 0. The normalized spacial score (nSPS) is 17.3. The van der Waals surface area contributed by atoms with Crippen molar-refractivity contribution in [3.8, 4) is 0 Å². The van der Waals surface area contributed by atoms with Crippen molar-refractivity contribution in [2.45, 2.75) is 12.8 Å². The van der Waals surface area contributed by atoms with Crippen LogP contribution < -0.4 is 0 Å². The molecule has 0 aromatic heterocycles. The third-order valence-corrected chi connectivity index (χ3v) is 1.33. The Balaban J connectivity index is 0.000000640. The van der Waals surface area contributed by atoms with Gasteiger partial charge in [-0.3, -0.25) is 4.79 Å². The third-order valence-electron chi connectivity index (χ3n) is 1.33. The Morgan fingerprint density at radius 3 is 2.56 bits per heavy atom. The number of carbonyl (C=O) groups is 1. The molecule has 9 heavy (non-hydrogen) atoms. The van der Waals surface area contributed by atoms with Gasteiger partial charge in [-0.05, 0) is 12.6 Å². The average Bonchev–Trinajstić information content (AvgIpc) is 2.14. The first-order chi connectivity index (χ1) is 3.84. The molecule has 0 aromatic carbocycles. The summed E-state index contributed by atoms with van der Waals surface area (Å²) in [5.41, 5.74) is 0. The zero-order chi connectivity index (χ0) is 5.98. The van der Waals surface area contributed by atoms with Gasteiger partial charge in [0.25, 0.3) is 0 Å². The fraction of sp³-hybridized carbons (Fsp3) is 0.500. The zero-order valence-electron chi connectivity index (χ0n) is 4.76. The van der Waals surface area contributed by atoms with Crippen LogP contribution in [0.5, 0.6) is 0 Å². The van der Waals surface area contributed by atoms with E-state index >= 15 is 0 Å². The topological polar surface area (TPSA) is 20.3 Å². The van der Waals surface area contributed by atoms with E-state index in [2.05, 4.69) is 6.58 Å². The first kappa shape index (κ1) is 9.85. The molecule has 0 aromatic rings. The van der Waals surface area contributed by atoms with Crippen LogP contribution in [0, 0.1) is 0 Å². The van der Waals surface area contributed by atoms with E-state index in [1.807, 2.05) is 0 Å². The summed E-state index contributed by atoms with van der Waals surface area (Å²) in [7, 11) is 0. The van der Waals surface area contributed by atoms with Crippen molar-refractivity contribution in [3.05, 3.63) is 12.8 Å². The van der Waals surface area contributed by atoms with Crippen molar-refractivity contribution in [1.29, 1.82) is 0 Å². The Kier molecular flexibility index (Phi) is 5.06. The molecule has 46 valence electrons. The Labute approximate surface area is 97.7 Å². The molecule has 1 aliphatic heterocycles. The number of likely N-dealkylation sites (tertiary alicyclic amines) is 1. The van der Waals surface area contributed by atoms with E-state index in [1.165, 1.54) is 0 Å². The molecule has 1 fully saturated rings. The van der Waals surface area contributed by atoms with Gasteiger partial charge in [0.2, 0.25) is 5.91 Å². The Bertz CT molecular complexity index is 124. The van der Waals surface area contributed by atoms with Crippen molar-refractivity contribution in [1.82, 2.24) is 4.90 Å². The molecule has 2 nitrogen and oxygen atoms in total. The van der Waals surface area contributed by atoms with Crippen LogP contribution in [-0.2, 0) is 4.79 Å². The van der Waals surface area contributed by atoms with E-state index in [-0.39, 0.29) is 57.3 Å². The predicted molar refractivity (Wildman–Crippen MR) is 38.3 cm³/mol. The second-order valence-corrected chi connectivity index (χ2v) is 1.87. The summed E-state index contributed by atoms with van der Waals surface area (Å²) >= 11 is 0. The number of amides is 1. The molecule has 1 aliphatic rings. The summed E-state index contributed by atoms with van der Waals surface area (Å²) < 4.78 is 0. The van der Waals surface area contributed by atoms with E-state index in [4.69, 9.17) is 0 Å². The van der Waals surface area contributed by atoms with Gasteiger partial charge in [0.1, 0.15) is 0 Å². The third kappa shape index (κ3) is 2.51. The summed E-state index contributed by atoms with van der Waals surface area (Å²) in [5, 5.41) is 0. The van der Waals surface area contributed by atoms with E-state index < -0.39 is 0 Å². The first-order valence-corrected chi connectivity index (χ1v) is 2.76. The van der Waals surface area contributed by atoms with Gasteiger partial charge in [-0.1, -0.05) is 6.58 Å². The number of nitrogens with zero attached hydrogens (tertiary/aromatic N) is 1. The van der Waals surface area contributed by atoms with Crippen LogP contribution in [0.25, 0.3) is 0 Å². The molecule has 1 amide bonds. The quantitative estimate of drug-likeness (QED) is 0.487. The van der Waals surface area contributed by atoms with E-state index in [0.717, 1.165) is 13.0 Å². The van der Waals surface area contributed by atoms with Gasteiger partial charge in [0, 0.05) is 13.0 Å².